The zero-order chi connectivity index (χ0) is 19.9. The predicted molar refractivity (Wildman–Crippen MR) is 110 cm³/mol. The van der Waals surface area contributed by atoms with E-state index in [1.54, 1.807) is 7.11 Å². The fourth-order valence-electron chi connectivity index (χ4n) is 4.52. The molecule has 154 valence electrons. The number of rotatable bonds is 8. The lowest BCUT2D eigenvalue weighted by atomic mass is 9.77. The van der Waals surface area contributed by atoms with Gasteiger partial charge in [0.05, 0.1) is 12.5 Å². The minimum atomic E-state index is -0.222. The summed E-state index contributed by atoms with van der Waals surface area (Å²) in [4.78, 5) is 28.2. The number of hydrogen-bond acceptors (Lipinski definition) is 4. The second-order valence-corrected chi connectivity index (χ2v) is 7.92. The Balaban J connectivity index is 1.61. The fraction of sp³-hybridized carbons (Fsp3) is 0.636. The van der Waals surface area contributed by atoms with Gasteiger partial charge in [0.1, 0.15) is 0 Å². The second kappa shape index (κ2) is 10.0. The molecule has 0 saturated heterocycles. The first-order valence-corrected chi connectivity index (χ1v) is 10.5. The normalized spacial score (nSPS) is 24.1. The summed E-state index contributed by atoms with van der Waals surface area (Å²) in [5.74, 6) is -0.300. The summed E-state index contributed by atoms with van der Waals surface area (Å²) in [6.45, 7) is 4.80. The molecule has 1 aliphatic heterocycles. The van der Waals surface area contributed by atoms with Gasteiger partial charge in [-0.3, -0.25) is 9.59 Å². The van der Waals surface area contributed by atoms with Crippen molar-refractivity contribution in [3.05, 3.63) is 29.8 Å². The molecule has 1 saturated carbocycles. The number of anilines is 1. The van der Waals surface area contributed by atoms with E-state index in [1.165, 1.54) is 5.56 Å². The van der Waals surface area contributed by atoms with Crippen molar-refractivity contribution in [2.45, 2.75) is 45.1 Å². The van der Waals surface area contributed by atoms with Crippen LogP contribution in [0.3, 0.4) is 0 Å². The molecule has 0 spiro atoms. The average molecular weight is 388 g/mol. The van der Waals surface area contributed by atoms with Crippen LogP contribution < -0.4 is 15.5 Å². The van der Waals surface area contributed by atoms with E-state index in [2.05, 4.69) is 23.6 Å². The van der Waals surface area contributed by atoms with Crippen LogP contribution >= 0.6 is 0 Å². The number of fused-ring (bicyclic) bond motifs is 1. The van der Waals surface area contributed by atoms with E-state index in [4.69, 9.17) is 4.74 Å². The topological polar surface area (TPSA) is 70.7 Å². The molecule has 2 aliphatic rings. The van der Waals surface area contributed by atoms with E-state index in [9.17, 15) is 9.59 Å². The van der Waals surface area contributed by atoms with E-state index in [0.29, 0.717) is 19.7 Å². The Morgan fingerprint density at radius 1 is 1.11 bits per heavy atom. The van der Waals surface area contributed by atoms with Crippen molar-refractivity contribution in [3.63, 3.8) is 0 Å². The summed E-state index contributed by atoms with van der Waals surface area (Å²) in [5.41, 5.74) is 2.24. The molecule has 3 atom stereocenters. The molecule has 1 fully saturated rings. The minimum Gasteiger partial charge on any atom is -0.383 e. The zero-order valence-electron chi connectivity index (χ0n) is 17.1. The van der Waals surface area contributed by atoms with Crippen LogP contribution in [0.15, 0.2) is 24.3 Å². The van der Waals surface area contributed by atoms with Crippen molar-refractivity contribution in [1.29, 1.82) is 0 Å². The highest BCUT2D eigenvalue weighted by Crippen LogP contribution is 2.38. The van der Waals surface area contributed by atoms with Gasteiger partial charge in [-0.05, 0) is 37.8 Å². The third-order valence-electron chi connectivity index (χ3n) is 5.95. The van der Waals surface area contributed by atoms with Gasteiger partial charge in [-0.15, -0.1) is 0 Å². The van der Waals surface area contributed by atoms with Crippen molar-refractivity contribution in [2.75, 3.05) is 38.3 Å². The predicted octanol–water partition coefficient (Wildman–Crippen LogP) is 2.12. The number of amides is 2. The molecule has 1 aliphatic carbocycles. The Morgan fingerprint density at radius 3 is 2.64 bits per heavy atom. The van der Waals surface area contributed by atoms with Crippen LogP contribution in [0.1, 0.15) is 38.2 Å². The molecule has 1 aromatic rings. The van der Waals surface area contributed by atoms with Crippen LogP contribution in [0.5, 0.6) is 0 Å². The second-order valence-electron chi connectivity index (χ2n) is 7.92. The summed E-state index contributed by atoms with van der Waals surface area (Å²) >= 11 is 0. The quantitative estimate of drug-likeness (QED) is 0.671. The van der Waals surface area contributed by atoms with Gasteiger partial charge in [-0.1, -0.05) is 31.0 Å². The number of nitrogens with one attached hydrogen (secondary N) is 2. The highest BCUT2D eigenvalue weighted by Gasteiger charge is 2.41. The van der Waals surface area contributed by atoms with Gasteiger partial charge in [-0.2, -0.15) is 0 Å². The number of benzene rings is 1. The van der Waals surface area contributed by atoms with Gasteiger partial charge in [0.15, 0.2) is 0 Å². The Labute approximate surface area is 168 Å². The van der Waals surface area contributed by atoms with Crippen molar-refractivity contribution < 1.29 is 14.3 Å². The third-order valence-corrected chi connectivity index (χ3v) is 5.95. The van der Waals surface area contributed by atoms with Crippen LogP contribution in [0.25, 0.3) is 0 Å². The molecule has 6 heteroatoms. The molecule has 3 rings (SSSR count). The molecule has 0 bridgehead atoms. The third kappa shape index (κ3) is 4.73. The number of nitrogens with zero attached hydrogens (tertiary/aromatic N) is 1. The maximum absolute atomic E-state index is 13.5. The summed E-state index contributed by atoms with van der Waals surface area (Å²) < 4.78 is 5.00. The highest BCUT2D eigenvalue weighted by molar-refractivity contribution is 6.00. The minimum absolute atomic E-state index is 0.0201. The van der Waals surface area contributed by atoms with Crippen molar-refractivity contribution in [2.24, 2.45) is 11.8 Å². The SMILES string of the molecule is COCCNCCNC(=O)C1CCCCC1C(=O)N1c2ccccc2CC1C. The van der Waals surface area contributed by atoms with Gasteiger partial charge >= 0.3 is 0 Å². The molecule has 1 aromatic carbocycles. The van der Waals surface area contributed by atoms with E-state index in [-0.39, 0.29) is 29.7 Å². The van der Waals surface area contributed by atoms with Crippen LogP contribution in [-0.2, 0) is 20.7 Å². The lowest BCUT2D eigenvalue weighted by molar-refractivity contribution is -0.135. The molecule has 1 heterocycles. The van der Waals surface area contributed by atoms with Crippen molar-refractivity contribution >= 4 is 17.5 Å². The first kappa shape index (κ1) is 20.8. The van der Waals surface area contributed by atoms with Gasteiger partial charge in [0, 0.05) is 44.4 Å². The maximum atomic E-state index is 13.5. The van der Waals surface area contributed by atoms with Crippen LogP contribution in [0.2, 0.25) is 0 Å². The molecule has 6 nitrogen and oxygen atoms in total. The van der Waals surface area contributed by atoms with E-state index < -0.39 is 0 Å². The fourth-order valence-corrected chi connectivity index (χ4v) is 4.52. The number of para-hydroxylation sites is 1. The molecule has 0 radical (unpaired) electrons. The molecule has 0 aromatic heterocycles. The van der Waals surface area contributed by atoms with Crippen LogP contribution in [0, 0.1) is 11.8 Å². The molecular weight excluding hydrogens is 354 g/mol. The lowest BCUT2D eigenvalue weighted by Gasteiger charge is -2.34. The largest absolute Gasteiger partial charge is 0.383 e. The van der Waals surface area contributed by atoms with Gasteiger partial charge in [0.2, 0.25) is 11.8 Å². The molecule has 2 amide bonds. The standard InChI is InChI=1S/C22H33N3O3/c1-16-15-17-7-3-6-10-20(17)25(16)22(27)19-9-5-4-8-18(19)21(26)24-12-11-23-13-14-28-2/h3,6-7,10,16,18-19,23H,4-5,8-9,11-15H2,1-2H3,(H,24,26). The number of carbonyl (C=O) groups is 2. The van der Waals surface area contributed by atoms with E-state index in [0.717, 1.165) is 44.3 Å². The smallest absolute Gasteiger partial charge is 0.231 e. The number of ether oxygens (including phenoxy) is 1. The lowest BCUT2D eigenvalue weighted by Crippen LogP contribution is -2.48. The van der Waals surface area contributed by atoms with Gasteiger partial charge in [-0.25, -0.2) is 0 Å². The summed E-state index contributed by atoms with van der Waals surface area (Å²) in [5, 5.41) is 6.25. The summed E-state index contributed by atoms with van der Waals surface area (Å²) in [6.07, 6.45) is 4.51. The molecule has 28 heavy (non-hydrogen) atoms. The molecule has 3 unspecified atom stereocenters. The monoisotopic (exact) mass is 387 g/mol. The Morgan fingerprint density at radius 2 is 1.86 bits per heavy atom. The molecule has 2 N–H and O–H groups in total. The van der Waals surface area contributed by atoms with Gasteiger partial charge in [0.25, 0.3) is 0 Å². The van der Waals surface area contributed by atoms with Crippen LogP contribution in [0.4, 0.5) is 5.69 Å². The first-order chi connectivity index (χ1) is 13.6. The Kier molecular flexibility index (Phi) is 7.45. The maximum Gasteiger partial charge on any atom is 0.231 e. The van der Waals surface area contributed by atoms with E-state index >= 15 is 0 Å². The number of carbonyl (C=O) groups excluding carboxylic acids is 2. The van der Waals surface area contributed by atoms with E-state index in [1.807, 2.05) is 23.1 Å². The van der Waals surface area contributed by atoms with Crippen molar-refractivity contribution in [3.8, 4) is 0 Å². The number of methoxy groups -OCH3 is 1. The Hall–Kier alpha value is -1.92. The van der Waals surface area contributed by atoms with Gasteiger partial charge < -0.3 is 20.3 Å². The number of hydrogen-bond donors (Lipinski definition) is 2. The zero-order valence-corrected chi connectivity index (χ0v) is 17.1. The molecular formula is C22H33N3O3. The highest BCUT2D eigenvalue weighted by atomic mass is 16.5. The summed E-state index contributed by atoms with van der Waals surface area (Å²) in [7, 11) is 1.67. The average Bonchev–Trinajstić information content (AvgIpc) is 3.05. The summed E-state index contributed by atoms with van der Waals surface area (Å²) in [6, 6.07) is 8.29. The Bertz CT molecular complexity index is 679. The first-order valence-electron chi connectivity index (χ1n) is 10.5. The van der Waals surface area contributed by atoms with Crippen molar-refractivity contribution in [1.82, 2.24) is 10.6 Å². The van der Waals surface area contributed by atoms with Crippen LogP contribution in [-0.4, -0.2) is 51.2 Å².